The summed E-state index contributed by atoms with van der Waals surface area (Å²) in [5.74, 6) is 0.0632. The molecule has 0 saturated heterocycles. The molecule has 0 bridgehead atoms. The number of amides is 2. The normalized spacial score (nSPS) is 10.8. The van der Waals surface area contributed by atoms with Crippen molar-refractivity contribution in [1.82, 2.24) is 20.8 Å². The smallest absolute Gasteiger partial charge is 0.303 e. The third-order valence-electron chi connectivity index (χ3n) is 4.73. The van der Waals surface area contributed by atoms with Crippen molar-refractivity contribution in [1.29, 1.82) is 0 Å². The van der Waals surface area contributed by atoms with Crippen LogP contribution in [0.1, 0.15) is 80.6 Å². The second-order valence-corrected chi connectivity index (χ2v) is 10.3. The lowest BCUT2D eigenvalue weighted by Gasteiger charge is -2.22. The van der Waals surface area contributed by atoms with Gasteiger partial charge in [-0.1, -0.05) is 62.6 Å². The van der Waals surface area contributed by atoms with Crippen LogP contribution in [0.15, 0.2) is 22.7 Å². The Balaban J connectivity index is 0. The molecular weight excluding hydrogens is 608 g/mol. The lowest BCUT2D eigenvalue weighted by atomic mass is 10.0. The molecule has 2 aromatic rings. The number of benzene rings is 1. The number of rotatable bonds is 10. The molecule has 0 fully saturated rings. The van der Waals surface area contributed by atoms with Gasteiger partial charge in [-0.05, 0) is 51.8 Å². The van der Waals surface area contributed by atoms with Gasteiger partial charge >= 0.3 is 5.97 Å². The van der Waals surface area contributed by atoms with Crippen LogP contribution in [0, 0.1) is 12.8 Å². The first-order valence-corrected chi connectivity index (χ1v) is 15.1. The highest BCUT2D eigenvalue weighted by atomic mass is 79.9. The van der Waals surface area contributed by atoms with E-state index >= 15 is 0 Å². The van der Waals surface area contributed by atoms with Gasteiger partial charge in [0, 0.05) is 18.1 Å². The number of carbonyl (C=O) groups excluding carboxylic acids is 4. The maximum atomic E-state index is 12.7. The van der Waals surface area contributed by atoms with Gasteiger partial charge in [-0.2, -0.15) is 4.98 Å². The second-order valence-electron chi connectivity index (χ2n) is 9.74. The van der Waals surface area contributed by atoms with Crippen molar-refractivity contribution in [2.75, 3.05) is 19.0 Å². The molecule has 1 aromatic heterocycles. The molecule has 1 unspecified atom stereocenters. The zero-order valence-electron chi connectivity index (χ0n) is 27.1. The first-order valence-electron chi connectivity index (χ1n) is 14.0. The summed E-state index contributed by atoms with van der Waals surface area (Å²) in [5, 5.41) is 9.22. The van der Waals surface area contributed by atoms with E-state index < -0.39 is 11.9 Å². The predicted molar refractivity (Wildman–Crippen MR) is 168 cm³/mol. The third-order valence-corrected chi connectivity index (χ3v) is 5.36. The molecule has 0 saturated carbocycles. The molecule has 0 spiro atoms. The quantitative estimate of drug-likeness (QED) is 0.259. The molecule has 0 aliphatic heterocycles. The van der Waals surface area contributed by atoms with Gasteiger partial charge < -0.3 is 24.6 Å². The van der Waals surface area contributed by atoms with E-state index in [1.54, 1.807) is 25.1 Å². The van der Waals surface area contributed by atoms with Gasteiger partial charge in [0.15, 0.2) is 11.6 Å². The van der Waals surface area contributed by atoms with Crippen LogP contribution in [0.5, 0.6) is 5.75 Å². The summed E-state index contributed by atoms with van der Waals surface area (Å²) in [4.78, 5) is 50.9. The third kappa shape index (κ3) is 16.9. The molecule has 1 aromatic carbocycles. The largest absolute Gasteiger partial charge is 0.496 e. The Kier molecular flexibility index (Phi) is 20.8. The highest BCUT2D eigenvalue weighted by Gasteiger charge is 2.25. The lowest BCUT2D eigenvalue weighted by Crippen LogP contribution is -2.51. The highest BCUT2D eigenvalue weighted by molar-refractivity contribution is 9.09. The summed E-state index contributed by atoms with van der Waals surface area (Å²) in [6.45, 7) is 20.2. The highest BCUT2D eigenvalue weighted by Crippen LogP contribution is 2.26. The van der Waals surface area contributed by atoms with Crippen LogP contribution in [0.3, 0.4) is 0 Å². The molecule has 0 aliphatic rings. The van der Waals surface area contributed by atoms with Crippen LogP contribution in [0.25, 0.3) is 11.5 Å². The molecule has 0 aliphatic carbocycles. The minimum Gasteiger partial charge on any atom is -0.496 e. The zero-order valence-corrected chi connectivity index (χ0v) is 28.7. The number of halogens is 1. The number of aromatic nitrogens is 2. The van der Waals surface area contributed by atoms with Crippen molar-refractivity contribution in [2.45, 2.75) is 94.2 Å². The second kappa shape index (κ2) is 21.4. The van der Waals surface area contributed by atoms with E-state index in [2.05, 4.69) is 36.7 Å². The van der Waals surface area contributed by atoms with Gasteiger partial charge in [0.2, 0.25) is 11.8 Å². The Morgan fingerprint density at radius 3 is 2.07 bits per heavy atom. The summed E-state index contributed by atoms with van der Waals surface area (Å²) in [6, 6.07) is 4.45. The standard InChI is InChI=1S/C20H25BrN4O5.C6H12O2.2C2H6/c1-11(2)18(19(28)22-10-15(26)9-21)24-17(27)8-14-7-13(5-6-16(14)29-4)20-23-12(3)25-30-20;1-5(7)8-6(2,3)4;2*1-2/h5-7,11,18H,8-10H2,1-4H3,(H,22,28)(H,24,27);1-4H3;2*1-2H3. The number of nitrogens with zero attached hydrogens (tertiary/aromatic N) is 2. The number of hydrogen-bond acceptors (Lipinski definition) is 9. The topological polar surface area (TPSA) is 150 Å². The monoisotopic (exact) mass is 656 g/mol. The van der Waals surface area contributed by atoms with E-state index in [9.17, 15) is 19.2 Å². The van der Waals surface area contributed by atoms with Crippen molar-refractivity contribution in [3.05, 3.63) is 29.6 Å². The van der Waals surface area contributed by atoms with Gasteiger partial charge in [-0.25, -0.2) is 0 Å². The minimum absolute atomic E-state index is 0.0129. The Bertz CT molecular complexity index is 1110. The average Bonchev–Trinajstić information content (AvgIpc) is 3.37. The van der Waals surface area contributed by atoms with Crippen LogP contribution >= 0.6 is 15.9 Å². The predicted octanol–water partition coefficient (Wildman–Crippen LogP) is 5.22. The molecule has 2 amide bonds. The maximum Gasteiger partial charge on any atom is 0.303 e. The van der Waals surface area contributed by atoms with Gasteiger partial charge in [-0.15, -0.1) is 0 Å². The number of ketones is 1. The Hall–Kier alpha value is -3.28. The number of nitrogens with one attached hydrogen (secondary N) is 2. The Morgan fingerprint density at radius 1 is 1.07 bits per heavy atom. The fourth-order valence-corrected chi connectivity index (χ4v) is 3.37. The molecule has 2 rings (SSSR count). The van der Waals surface area contributed by atoms with Gasteiger partial charge in [0.1, 0.15) is 17.4 Å². The number of aryl methyl sites for hydroxylation is 1. The first kappa shape index (κ1) is 40.9. The Morgan fingerprint density at radius 2 is 1.67 bits per heavy atom. The van der Waals surface area contributed by atoms with Crippen molar-refractivity contribution < 1.29 is 33.2 Å². The van der Waals surface area contributed by atoms with E-state index in [-0.39, 0.29) is 47.5 Å². The fraction of sp³-hybridized carbons (Fsp3) is 0.600. The molecule has 2 N–H and O–H groups in total. The van der Waals surface area contributed by atoms with Gasteiger partial charge in [0.05, 0.1) is 25.4 Å². The number of methoxy groups -OCH3 is 1. The minimum atomic E-state index is -0.770. The summed E-state index contributed by atoms with van der Waals surface area (Å²) in [7, 11) is 1.51. The maximum absolute atomic E-state index is 12.7. The van der Waals surface area contributed by atoms with Crippen molar-refractivity contribution in [2.24, 2.45) is 5.92 Å². The number of Topliss-reactive ketones (excluding diaryl/α,β-unsaturated/α-hetero) is 1. The van der Waals surface area contributed by atoms with Crippen LogP contribution in [-0.4, -0.2) is 64.3 Å². The van der Waals surface area contributed by atoms with E-state index in [0.717, 1.165) is 0 Å². The molecule has 1 atom stereocenters. The van der Waals surface area contributed by atoms with Gasteiger partial charge in [-0.3, -0.25) is 19.2 Å². The van der Waals surface area contributed by atoms with Crippen molar-refractivity contribution in [3.8, 4) is 17.2 Å². The summed E-state index contributed by atoms with van der Waals surface area (Å²) >= 11 is 3.05. The van der Waals surface area contributed by atoms with Crippen molar-refractivity contribution in [3.63, 3.8) is 0 Å². The molecule has 42 heavy (non-hydrogen) atoms. The van der Waals surface area contributed by atoms with E-state index in [0.29, 0.717) is 28.6 Å². The van der Waals surface area contributed by atoms with Crippen LogP contribution in [-0.2, 0) is 30.3 Å². The summed E-state index contributed by atoms with van der Waals surface area (Å²) < 4.78 is 15.3. The van der Waals surface area contributed by atoms with E-state index in [1.165, 1.54) is 14.0 Å². The fourth-order valence-electron chi connectivity index (χ4n) is 3.17. The molecule has 11 nitrogen and oxygen atoms in total. The average molecular weight is 658 g/mol. The van der Waals surface area contributed by atoms with E-state index in [1.807, 2.05) is 62.3 Å². The number of carbonyl (C=O) groups is 4. The Labute approximate surface area is 259 Å². The van der Waals surface area contributed by atoms with Gasteiger partial charge in [0.25, 0.3) is 5.89 Å². The molecule has 0 radical (unpaired) electrons. The number of hydrogen-bond donors (Lipinski definition) is 2. The summed E-state index contributed by atoms with van der Waals surface area (Å²) in [6.07, 6.45) is -0.0129. The molecule has 238 valence electrons. The van der Waals surface area contributed by atoms with Crippen LogP contribution < -0.4 is 15.4 Å². The number of alkyl halides is 1. The van der Waals surface area contributed by atoms with Crippen LogP contribution in [0.2, 0.25) is 0 Å². The molecule has 1 heterocycles. The SMILES string of the molecule is CC.CC.CC(=O)OC(C)(C)C.COc1ccc(-c2nc(C)no2)cc1CC(=O)NC(C(=O)NCC(=O)CBr)C(C)C. The first-order chi connectivity index (χ1) is 19.7. The number of ether oxygens (including phenoxy) is 2. The lowest BCUT2D eigenvalue weighted by molar-refractivity contribution is -0.151. The molecular formula is C30H49BrN4O7. The zero-order chi connectivity index (χ0) is 33.0. The van der Waals surface area contributed by atoms with Crippen molar-refractivity contribution >= 4 is 39.5 Å². The number of esters is 1. The molecule has 12 heteroatoms. The van der Waals surface area contributed by atoms with Crippen LogP contribution in [0.4, 0.5) is 0 Å². The summed E-state index contributed by atoms with van der Waals surface area (Å²) in [5.41, 5.74) is 0.942. The van der Waals surface area contributed by atoms with E-state index in [4.69, 9.17) is 14.0 Å².